The number of carboxylic acid groups (broad SMARTS) is 1. The Hall–Kier alpha value is -1.03. The number of aliphatic carboxylic acids is 1. The van der Waals surface area contributed by atoms with Gasteiger partial charge in [-0.15, -0.1) is 0 Å². The first kappa shape index (κ1) is 17.0. The summed E-state index contributed by atoms with van der Waals surface area (Å²) in [5, 5.41) is 9.31. The molecule has 0 fully saturated rings. The lowest BCUT2D eigenvalue weighted by Gasteiger charge is -2.27. The van der Waals surface area contributed by atoms with Crippen LogP contribution in [0, 0.1) is 12.8 Å². The van der Waals surface area contributed by atoms with Crippen LogP contribution >= 0.6 is 15.9 Å². The van der Waals surface area contributed by atoms with Gasteiger partial charge in [0.25, 0.3) is 0 Å². The normalized spacial score (nSPS) is 13.4. The molecule has 0 saturated heterocycles. The molecule has 3 nitrogen and oxygen atoms in total. The van der Waals surface area contributed by atoms with Crippen LogP contribution in [0.15, 0.2) is 16.6 Å². The number of hydrogen-bond donors (Lipinski definition) is 1. The summed E-state index contributed by atoms with van der Waals surface area (Å²) in [6, 6.07) is 3.95. The van der Waals surface area contributed by atoms with Gasteiger partial charge in [0, 0.05) is 16.0 Å². The van der Waals surface area contributed by atoms with Crippen molar-refractivity contribution in [1.82, 2.24) is 0 Å². The summed E-state index contributed by atoms with van der Waals surface area (Å²) in [5.74, 6) is -0.340. The smallest absolute Gasteiger partial charge is 0.345 e. The van der Waals surface area contributed by atoms with E-state index in [4.69, 9.17) is 4.74 Å². The Labute approximate surface area is 129 Å². The monoisotopic (exact) mass is 342 g/mol. The van der Waals surface area contributed by atoms with Crippen LogP contribution in [0.4, 0.5) is 0 Å². The van der Waals surface area contributed by atoms with E-state index in [0.717, 1.165) is 15.6 Å². The predicted octanol–water partition coefficient (Wildman–Crippen LogP) is 4.54. The Morgan fingerprint density at radius 2 is 1.85 bits per heavy atom. The zero-order valence-corrected chi connectivity index (χ0v) is 14.5. The van der Waals surface area contributed by atoms with Gasteiger partial charge in [-0.3, -0.25) is 0 Å². The maximum absolute atomic E-state index is 11.4. The summed E-state index contributed by atoms with van der Waals surface area (Å²) < 4.78 is 6.84. The van der Waals surface area contributed by atoms with Crippen LogP contribution in [0.25, 0.3) is 0 Å². The molecule has 1 unspecified atom stereocenters. The third-order valence-corrected chi connectivity index (χ3v) is 3.60. The Morgan fingerprint density at radius 3 is 2.25 bits per heavy atom. The molecule has 0 heterocycles. The number of carboxylic acids is 1. The van der Waals surface area contributed by atoms with Crippen LogP contribution in [0.3, 0.4) is 0 Å². The van der Waals surface area contributed by atoms with Gasteiger partial charge in [0.1, 0.15) is 5.75 Å². The maximum atomic E-state index is 11.4. The van der Waals surface area contributed by atoms with Gasteiger partial charge >= 0.3 is 5.97 Å². The van der Waals surface area contributed by atoms with Crippen LogP contribution in [-0.2, 0) is 10.2 Å². The fourth-order valence-corrected chi connectivity index (χ4v) is 2.61. The minimum absolute atomic E-state index is 0.0941. The molecule has 1 aromatic carbocycles. The van der Waals surface area contributed by atoms with Gasteiger partial charge in [0.05, 0.1) is 0 Å². The summed E-state index contributed by atoms with van der Waals surface area (Å²) in [5.41, 5.74) is 1.83. The molecule has 20 heavy (non-hydrogen) atoms. The van der Waals surface area contributed by atoms with Crippen molar-refractivity contribution in [2.75, 3.05) is 0 Å². The molecule has 0 aliphatic heterocycles. The van der Waals surface area contributed by atoms with Gasteiger partial charge in [-0.2, -0.15) is 0 Å². The average Bonchev–Trinajstić information content (AvgIpc) is 2.24. The highest BCUT2D eigenvalue weighted by molar-refractivity contribution is 9.10. The minimum Gasteiger partial charge on any atom is -0.478 e. The molecule has 0 aliphatic carbocycles. The summed E-state index contributed by atoms with van der Waals surface area (Å²) >= 11 is 3.49. The van der Waals surface area contributed by atoms with Crippen molar-refractivity contribution in [1.29, 1.82) is 0 Å². The SMILES string of the molecule is Cc1cc(Br)cc(C(C)(C)C)c1OC(C(=O)O)C(C)C. The highest BCUT2D eigenvalue weighted by Gasteiger charge is 2.28. The van der Waals surface area contributed by atoms with Gasteiger partial charge in [-0.25, -0.2) is 4.79 Å². The molecule has 0 aliphatic rings. The molecule has 0 spiro atoms. The molecule has 1 N–H and O–H groups in total. The van der Waals surface area contributed by atoms with E-state index in [0.29, 0.717) is 5.75 Å². The van der Waals surface area contributed by atoms with Gasteiger partial charge < -0.3 is 9.84 Å². The molecule has 1 atom stereocenters. The Balaban J connectivity index is 3.33. The molecule has 1 aromatic rings. The van der Waals surface area contributed by atoms with Crippen molar-refractivity contribution in [3.63, 3.8) is 0 Å². The molecule has 0 saturated carbocycles. The van der Waals surface area contributed by atoms with E-state index >= 15 is 0 Å². The van der Waals surface area contributed by atoms with Crippen LogP contribution < -0.4 is 4.74 Å². The first-order valence-corrected chi connectivity index (χ1v) is 7.53. The van der Waals surface area contributed by atoms with Crippen LogP contribution in [0.5, 0.6) is 5.75 Å². The molecule has 0 radical (unpaired) electrons. The quantitative estimate of drug-likeness (QED) is 0.873. The zero-order chi connectivity index (χ0) is 15.7. The van der Waals surface area contributed by atoms with Crippen LogP contribution in [-0.4, -0.2) is 17.2 Å². The van der Waals surface area contributed by atoms with Gasteiger partial charge in [0.15, 0.2) is 6.10 Å². The molecular weight excluding hydrogens is 320 g/mol. The van der Waals surface area contributed by atoms with E-state index in [1.807, 2.05) is 32.9 Å². The van der Waals surface area contributed by atoms with Crippen molar-refractivity contribution in [2.45, 2.75) is 53.1 Å². The fourth-order valence-electron chi connectivity index (χ4n) is 2.04. The second-order valence-corrected chi connectivity index (χ2v) is 7.39. The lowest BCUT2D eigenvalue weighted by Crippen LogP contribution is -2.33. The summed E-state index contributed by atoms with van der Waals surface area (Å²) in [4.78, 5) is 11.4. The number of rotatable bonds is 4. The van der Waals surface area contributed by atoms with E-state index < -0.39 is 12.1 Å². The van der Waals surface area contributed by atoms with Crippen molar-refractivity contribution < 1.29 is 14.6 Å². The number of benzene rings is 1. The Morgan fingerprint density at radius 1 is 1.30 bits per heavy atom. The number of carbonyl (C=O) groups is 1. The third kappa shape index (κ3) is 3.98. The number of aryl methyl sites for hydroxylation is 1. The van der Waals surface area contributed by atoms with Crippen molar-refractivity contribution in [3.05, 3.63) is 27.7 Å². The molecule has 0 bridgehead atoms. The number of hydrogen-bond acceptors (Lipinski definition) is 2. The number of halogens is 1. The minimum atomic E-state index is -0.929. The third-order valence-electron chi connectivity index (χ3n) is 3.14. The molecule has 4 heteroatoms. The summed E-state index contributed by atoms with van der Waals surface area (Å²) in [6.45, 7) is 11.9. The molecular formula is C16H23BrO3. The second-order valence-electron chi connectivity index (χ2n) is 6.47. The first-order chi connectivity index (χ1) is 9.04. The highest BCUT2D eigenvalue weighted by Crippen LogP contribution is 2.37. The number of ether oxygens (including phenoxy) is 1. The summed E-state index contributed by atoms with van der Waals surface area (Å²) in [7, 11) is 0. The second kappa shape index (κ2) is 6.17. The predicted molar refractivity (Wildman–Crippen MR) is 84.5 cm³/mol. The van der Waals surface area contributed by atoms with Gasteiger partial charge in [0.2, 0.25) is 0 Å². The maximum Gasteiger partial charge on any atom is 0.345 e. The van der Waals surface area contributed by atoms with E-state index in [9.17, 15) is 9.90 Å². The van der Waals surface area contributed by atoms with E-state index in [2.05, 4.69) is 36.7 Å². The Bertz CT molecular complexity index is 501. The van der Waals surface area contributed by atoms with E-state index in [-0.39, 0.29) is 11.3 Å². The highest BCUT2D eigenvalue weighted by atomic mass is 79.9. The van der Waals surface area contributed by atoms with Crippen LogP contribution in [0.2, 0.25) is 0 Å². The van der Waals surface area contributed by atoms with Gasteiger partial charge in [-0.1, -0.05) is 50.5 Å². The molecule has 1 rings (SSSR count). The van der Waals surface area contributed by atoms with Gasteiger partial charge in [-0.05, 0) is 30.0 Å². The molecule has 0 amide bonds. The summed E-state index contributed by atoms with van der Waals surface area (Å²) in [6.07, 6.45) is -0.837. The molecule has 0 aromatic heterocycles. The molecule has 112 valence electrons. The largest absolute Gasteiger partial charge is 0.478 e. The average molecular weight is 343 g/mol. The zero-order valence-electron chi connectivity index (χ0n) is 13.0. The van der Waals surface area contributed by atoms with E-state index in [1.165, 1.54) is 0 Å². The van der Waals surface area contributed by atoms with E-state index in [1.54, 1.807) is 0 Å². The van der Waals surface area contributed by atoms with Crippen molar-refractivity contribution >= 4 is 21.9 Å². The van der Waals surface area contributed by atoms with Crippen molar-refractivity contribution in [2.24, 2.45) is 5.92 Å². The topological polar surface area (TPSA) is 46.5 Å². The first-order valence-electron chi connectivity index (χ1n) is 6.74. The van der Waals surface area contributed by atoms with Crippen molar-refractivity contribution in [3.8, 4) is 5.75 Å². The lowest BCUT2D eigenvalue weighted by atomic mass is 9.85. The van der Waals surface area contributed by atoms with Crippen LogP contribution in [0.1, 0.15) is 45.7 Å². The standard InChI is InChI=1S/C16H23BrO3/c1-9(2)13(15(18)19)20-14-10(3)7-11(17)8-12(14)16(4,5)6/h7-9,13H,1-6H3,(H,18,19). The fraction of sp³-hybridized carbons (Fsp3) is 0.562. The lowest BCUT2D eigenvalue weighted by molar-refractivity contribution is -0.147. The Kier molecular flexibility index (Phi) is 5.25.